The molecule has 0 unspecified atom stereocenters. The van der Waals surface area contributed by atoms with Crippen LogP contribution < -0.4 is 5.32 Å². The van der Waals surface area contributed by atoms with E-state index < -0.39 is 0 Å². The van der Waals surface area contributed by atoms with E-state index in [0.717, 1.165) is 34.2 Å². The summed E-state index contributed by atoms with van der Waals surface area (Å²) in [6.07, 6.45) is 0.804. The van der Waals surface area contributed by atoms with Crippen molar-refractivity contribution in [2.75, 3.05) is 58.7 Å². The van der Waals surface area contributed by atoms with E-state index in [-0.39, 0.29) is 11.8 Å². The fourth-order valence-electron chi connectivity index (χ4n) is 3.75. The summed E-state index contributed by atoms with van der Waals surface area (Å²) >= 11 is 1.41. The highest BCUT2D eigenvalue weighted by molar-refractivity contribution is 7.99. The molecule has 1 saturated heterocycles. The number of aryl methyl sites for hydroxylation is 3. The van der Waals surface area contributed by atoms with Crippen molar-refractivity contribution < 1.29 is 14.3 Å². The van der Waals surface area contributed by atoms with Crippen molar-refractivity contribution in [1.29, 1.82) is 0 Å². The van der Waals surface area contributed by atoms with Crippen LogP contribution in [0.5, 0.6) is 0 Å². The third kappa shape index (κ3) is 7.02. The van der Waals surface area contributed by atoms with Gasteiger partial charge in [0.25, 0.3) is 0 Å². The van der Waals surface area contributed by atoms with Crippen LogP contribution in [0.1, 0.15) is 23.4 Å². The quantitative estimate of drug-likeness (QED) is 0.413. The van der Waals surface area contributed by atoms with Gasteiger partial charge < -0.3 is 15.0 Å². The topological polar surface area (TPSA) is 92.6 Å². The first-order chi connectivity index (χ1) is 15.9. The fourth-order valence-corrected chi connectivity index (χ4v) is 4.64. The molecule has 0 aliphatic carbocycles. The molecule has 1 aliphatic rings. The summed E-state index contributed by atoms with van der Waals surface area (Å²) in [5.74, 6) is 1.20. The number of amides is 2. The molecule has 2 heterocycles. The number of nitrogens with zero attached hydrogens (tertiary/aromatic N) is 5. The van der Waals surface area contributed by atoms with Crippen molar-refractivity contribution in [3.05, 3.63) is 35.2 Å². The molecule has 33 heavy (non-hydrogen) atoms. The Hall–Kier alpha value is -2.43. The number of carbonyl (C=O) groups excluding carboxylic acids is 2. The summed E-state index contributed by atoms with van der Waals surface area (Å²) in [6, 6.07) is 6.28. The smallest absolute Gasteiger partial charge is 0.234 e. The summed E-state index contributed by atoms with van der Waals surface area (Å²) in [7, 11) is 1.65. The molecule has 0 bridgehead atoms. The van der Waals surface area contributed by atoms with E-state index in [2.05, 4.69) is 52.5 Å². The van der Waals surface area contributed by atoms with Gasteiger partial charge in [0.1, 0.15) is 5.82 Å². The Balaban J connectivity index is 1.48. The van der Waals surface area contributed by atoms with E-state index in [1.165, 1.54) is 11.8 Å². The van der Waals surface area contributed by atoms with Crippen molar-refractivity contribution in [3.8, 4) is 5.69 Å². The average molecular weight is 475 g/mol. The lowest BCUT2D eigenvalue weighted by molar-refractivity contribution is -0.130. The van der Waals surface area contributed by atoms with Crippen LogP contribution in [0.15, 0.2) is 23.4 Å². The fraction of sp³-hybridized carbons (Fsp3) is 0.565. The van der Waals surface area contributed by atoms with E-state index in [1.807, 2.05) is 16.4 Å². The molecular weight excluding hydrogens is 440 g/mol. The van der Waals surface area contributed by atoms with Gasteiger partial charge in [-0.1, -0.05) is 23.9 Å². The van der Waals surface area contributed by atoms with Gasteiger partial charge in [-0.25, -0.2) is 0 Å². The van der Waals surface area contributed by atoms with E-state index >= 15 is 0 Å². The van der Waals surface area contributed by atoms with Crippen LogP contribution in [0.25, 0.3) is 5.69 Å². The maximum Gasteiger partial charge on any atom is 0.234 e. The highest BCUT2D eigenvalue weighted by Crippen LogP contribution is 2.25. The van der Waals surface area contributed by atoms with Gasteiger partial charge in [0, 0.05) is 46.4 Å². The molecule has 1 N–H and O–H groups in total. The Morgan fingerprint density at radius 3 is 2.61 bits per heavy atom. The monoisotopic (exact) mass is 474 g/mol. The molecule has 1 fully saturated rings. The molecule has 1 aliphatic heterocycles. The largest absolute Gasteiger partial charge is 0.385 e. The lowest BCUT2D eigenvalue weighted by atomic mass is 10.1. The third-order valence-electron chi connectivity index (χ3n) is 5.67. The second-order valence-electron chi connectivity index (χ2n) is 8.30. The minimum Gasteiger partial charge on any atom is -0.385 e. The van der Waals surface area contributed by atoms with Crippen LogP contribution in [-0.2, 0) is 14.3 Å². The zero-order valence-electron chi connectivity index (χ0n) is 20.0. The van der Waals surface area contributed by atoms with Crippen LogP contribution in [0.2, 0.25) is 0 Å². The third-order valence-corrected chi connectivity index (χ3v) is 6.58. The van der Waals surface area contributed by atoms with Gasteiger partial charge in [0.2, 0.25) is 11.8 Å². The van der Waals surface area contributed by atoms with Crippen molar-refractivity contribution >= 4 is 23.6 Å². The second-order valence-corrected chi connectivity index (χ2v) is 9.24. The number of ether oxygens (including phenoxy) is 1. The van der Waals surface area contributed by atoms with Gasteiger partial charge in [0.15, 0.2) is 5.16 Å². The molecule has 1 aromatic carbocycles. The highest BCUT2D eigenvalue weighted by atomic mass is 32.2. The summed E-state index contributed by atoms with van der Waals surface area (Å²) in [4.78, 5) is 28.8. The Kier molecular flexibility index (Phi) is 9.28. The molecule has 2 aromatic rings. The van der Waals surface area contributed by atoms with Crippen molar-refractivity contribution in [2.45, 2.75) is 32.3 Å². The first-order valence-corrected chi connectivity index (χ1v) is 12.3. The van der Waals surface area contributed by atoms with Crippen LogP contribution in [0.3, 0.4) is 0 Å². The Labute approximate surface area is 199 Å². The van der Waals surface area contributed by atoms with Crippen molar-refractivity contribution in [2.24, 2.45) is 0 Å². The van der Waals surface area contributed by atoms with Crippen LogP contribution in [0, 0.1) is 20.8 Å². The number of benzene rings is 1. The molecule has 10 heteroatoms. The SMILES string of the molecule is COCCCNC(=O)CN1CCN(C(=O)CSc2nnc(C)n2-c2cc(C)ccc2C)CC1. The summed E-state index contributed by atoms with van der Waals surface area (Å²) in [5, 5.41) is 12.2. The van der Waals surface area contributed by atoms with Gasteiger partial charge in [-0.05, 0) is 44.4 Å². The highest BCUT2D eigenvalue weighted by Gasteiger charge is 2.23. The molecule has 1 aromatic heterocycles. The summed E-state index contributed by atoms with van der Waals surface area (Å²) < 4.78 is 7.00. The van der Waals surface area contributed by atoms with Crippen molar-refractivity contribution in [1.82, 2.24) is 29.9 Å². The number of nitrogens with one attached hydrogen (secondary N) is 1. The lowest BCUT2D eigenvalue weighted by Crippen LogP contribution is -2.51. The molecule has 2 amide bonds. The van der Waals surface area contributed by atoms with Gasteiger partial charge in [-0.15, -0.1) is 10.2 Å². The minimum atomic E-state index is 0.0163. The van der Waals surface area contributed by atoms with E-state index in [4.69, 9.17) is 4.74 Å². The molecule has 0 saturated carbocycles. The Morgan fingerprint density at radius 1 is 1.12 bits per heavy atom. The van der Waals surface area contributed by atoms with Gasteiger partial charge in [-0.3, -0.25) is 19.1 Å². The number of thioether (sulfide) groups is 1. The zero-order chi connectivity index (χ0) is 23.8. The molecular formula is C23H34N6O3S. The number of carbonyl (C=O) groups is 2. The van der Waals surface area contributed by atoms with E-state index in [0.29, 0.717) is 51.6 Å². The lowest BCUT2D eigenvalue weighted by Gasteiger charge is -2.34. The maximum atomic E-state index is 12.8. The number of hydrogen-bond acceptors (Lipinski definition) is 7. The standard InChI is InChI=1S/C23H34N6O3S/c1-17-6-7-18(2)20(14-17)29-19(3)25-26-23(29)33-16-22(31)28-11-9-27(10-12-28)15-21(30)24-8-5-13-32-4/h6-7,14H,5,8-13,15-16H2,1-4H3,(H,24,30). The van der Waals surface area contributed by atoms with Crippen LogP contribution >= 0.6 is 11.8 Å². The number of piperazine rings is 1. The van der Waals surface area contributed by atoms with E-state index in [9.17, 15) is 9.59 Å². The minimum absolute atomic E-state index is 0.0163. The number of aromatic nitrogens is 3. The van der Waals surface area contributed by atoms with Gasteiger partial charge in [-0.2, -0.15) is 0 Å². The first kappa shape index (κ1) is 25.2. The predicted molar refractivity (Wildman–Crippen MR) is 129 cm³/mol. The predicted octanol–water partition coefficient (Wildman–Crippen LogP) is 1.58. The summed E-state index contributed by atoms with van der Waals surface area (Å²) in [5.41, 5.74) is 3.34. The normalized spacial score (nSPS) is 14.5. The Morgan fingerprint density at radius 2 is 1.88 bits per heavy atom. The maximum absolute atomic E-state index is 12.8. The molecule has 9 nitrogen and oxygen atoms in total. The van der Waals surface area contributed by atoms with E-state index in [1.54, 1.807) is 7.11 Å². The van der Waals surface area contributed by atoms with Crippen LogP contribution in [-0.4, -0.2) is 95.1 Å². The van der Waals surface area contributed by atoms with Crippen LogP contribution in [0.4, 0.5) is 0 Å². The average Bonchev–Trinajstić information content (AvgIpc) is 3.17. The summed E-state index contributed by atoms with van der Waals surface area (Å²) in [6.45, 7) is 10.3. The molecule has 3 rings (SSSR count). The number of hydrogen-bond donors (Lipinski definition) is 1. The number of methoxy groups -OCH3 is 1. The number of rotatable bonds is 10. The molecule has 0 atom stereocenters. The molecule has 180 valence electrons. The van der Waals surface area contributed by atoms with Gasteiger partial charge >= 0.3 is 0 Å². The first-order valence-electron chi connectivity index (χ1n) is 11.3. The van der Waals surface area contributed by atoms with Crippen molar-refractivity contribution in [3.63, 3.8) is 0 Å². The van der Waals surface area contributed by atoms with Gasteiger partial charge in [0.05, 0.1) is 18.0 Å². The second kappa shape index (κ2) is 12.2. The molecule has 0 radical (unpaired) electrons. The zero-order valence-corrected chi connectivity index (χ0v) is 20.8. The Bertz CT molecular complexity index is 956. The molecule has 0 spiro atoms.